The van der Waals surface area contributed by atoms with Gasteiger partial charge in [0, 0.05) is 26.9 Å². The summed E-state index contributed by atoms with van der Waals surface area (Å²) in [6, 6.07) is 3.55. The van der Waals surface area contributed by atoms with Crippen molar-refractivity contribution in [1.82, 2.24) is 15.6 Å². The van der Waals surface area contributed by atoms with Crippen LogP contribution in [0.15, 0.2) is 29.5 Å². The molecule has 128 valence electrons. The Labute approximate surface area is 137 Å². The van der Waals surface area contributed by atoms with E-state index in [9.17, 15) is 4.79 Å². The number of carbonyl (C=O) groups excluding carboxylic acids is 1. The first-order chi connectivity index (χ1) is 10.9. The van der Waals surface area contributed by atoms with Crippen LogP contribution in [0.5, 0.6) is 0 Å². The maximum atomic E-state index is 11.9. The second kappa shape index (κ2) is 9.09. The summed E-state index contributed by atoms with van der Waals surface area (Å²) in [6.07, 6.45) is 3.28. The summed E-state index contributed by atoms with van der Waals surface area (Å²) < 4.78 is 5.48. The number of carbonyl (C=O) groups is 1. The second-order valence-corrected chi connectivity index (χ2v) is 6.19. The molecule has 0 bridgehead atoms. The summed E-state index contributed by atoms with van der Waals surface area (Å²) in [7, 11) is 3.35. The van der Waals surface area contributed by atoms with Crippen molar-refractivity contribution in [2.75, 3.05) is 32.6 Å². The molecule has 0 aliphatic carbocycles. The van der Waals surface area contributed by atoms with Gasteiger partial charge in [0.1, 0.15) is 0 Å². The highest BCUT2D eigenvalue weighted by Gasteiger charge is 2.24. The van der Waals surface area contributed by atoms with Gasteiger partial charge in [0.15, 0.2) is 5.96 Å². The fourth-order valence-electron chi connectivity index (χ4n) is 1.96. The van der Waals surface area contributed by atoms with Crippen molar-refractivity contribution in [1.29, 1.82) is 0 Å². The normalized spacial score (nSPS) is 13.3. The van der Waals surface area contributed by atoms with Gasteiger partial charge in [-0.3, -0.25) is 14.8 Å². The largest absolute Gasteiger partial charge is 0.379 e. The van der Waals surface area contributed by atoms with Gasteiger partial charge in [-0.25, -0.2) is 0 Å². The van der Waals surface area contributed by atoms with Crippen molar-refractivity contribution in [2.24, 2.45) is 10.4 Å². The van der Waals surface area contributed by atoms with Gasteiger partial charge in [0.05, 0.1) is 24.5 Å². The third-order valence-electron chi connectivity index (χ3n) is 3.29. The molecule has 0 radical (unpaired) electrons. The number of aromatic nitrogens is 1. The van der Waals surface area contributed by atoms with Gasteiger partial charge < -0.3 is 20.7 Å². The van der Waals surface area contributed by atoms with E-state index < -0.39 is 0 Å². The molecule has 3 N–H and O–H groups in total. The Bertz CT molecular complexity index is 511. The van der Waals surface area contributed by atoms with E-state index in [0.717, 1.165) is 0 Å². The molecule has 1 heterocycles. The molecule has 1 aromatic rings. The van der Waals surface area contributed by atoms with Gasteiger partial charge >= 0.3 is 0 Å². The van der Waals surface area contributed by atoms with Crippen molar-refractivity contribution in [3.63, 3.8) is 0 Å². The lowest BCUT2D eigenvalue weighted by Gasteiger charge is -2.30. The number of hydrogen-bond donors (Lipinski definition) is 3. The van der Waals surface area contributed by atoms with Crippen LogP contribution in [0.25, 0.3) is 0 Å². The van der Waals surface area contributed by atoms with E-state index in [1.807, 2.05) is 0 Å². The first-order valence-corrected chi connectivity index (χ1v) is 7.54. The van der Waals surface area contributed by atoms with Crippen LogP contribution in [-0.4, -0.2) is 50.2 Å². The third kappa shape index (κ3) is 7.10. The van der Waals surface area contributed by atoms with Crippen LogP contribution >= 0.6 is 0 Å². The van der Waals surface area contributed by atoms with Crippen molar-refractivity contribution < 1.29 is 9.53 Å². The van der Waals surface area contributed by atoms with E-state index in [-0.39, 0.29) is 24.0 Å². The van der Waals surface area contributed by atoms with Gasteiger partial charge in [-0.2, -0.15) is 0 Å². The average Bonchev–Trinajstić information content (AvgIpc) is 2.50. The minimum absolute atomic E-state index is 0.0122. The highest BCUT2D eigenvalue weighted by atomic mass is 16.5. The van der Waals surface area contributed by atoms with Crippen molar-refractivity contribution in [3.8, 4) is 0 Å². The Balaban J connectivity index is 2.41. The Kier molecular flexibility index (Phi) is 7.47. The van der Waals surface area contributed by atoms with Gasteiger partial charge in [-0.05, 0) is 17.5 Å². The number of ether oxygens (including phenoxy) is 1. The number of aliphatic imine (C=N–C) groups is 1. The van der Waals surface area contributed by atoms with Gasteiger partial charge in [0.2, 0.25) is 5.91 Å². The van der Waals surface area contributed by atoms with E-state index in [1.54, 1.807) is 38.7 Å². The van der Waals surface area contributed by atoms with E-state index in [0.29, 0.717) is 18.2 Å². The fraction of sp³-hybridized carbons (Fsp3) is 0.562. The number of methoxy groups -OCH3 is 1. The molecule has 1 atom stereocenters. The Morgan fingerprint density at radius 1 is 1.39 bits per heavy atom. The maximum Gasteiger partial charge on any atom is 0.243 e. The van der Waals surface area contributed by atoms with Gasteiger partial charge in [0.25, 0.3) is 0 Å². The summed E-state index contributed by atoms with van der Waals surface area (Å²) in [5, 5.41) is 8.89. The number of amides is 1. The Hall–Kier alpha value is -2.15. The lowest BCUT2D eigenvalue weighted by molar-refractivity contribution is -0.115. The molecule has 23 heavy (non-hydrogen) atoms. The highest BCUT2D eigenvalue weighted by Crippen LogP contribution is 2.20. The van der Waals surface area contributed by atoms with Crippen molar-refractivity contribution in [3.05, 3.63) is 24.5 Å². The van der Waals surface area contributed by atoms with E-state index in [2.05, 4.69) is 46.7 Å². The van der Waals surface area contributed by atoms with Crippen LogP contribution in [-0.2, 0) is 9.53 Å². The highest BCUT2D eigenvalue weighted by molar-refractivity contribution is 5.94. The molecule has 7 nitrogen and oxygen atoms in total. The van der Waals surface area contributed by atoms with Gasteiger partial charge in [-0.15, -0.1) is 0 Å². The van der Waals surface area contributed by atoms with E-state index >= 15 is 0 Å². The number of anilines is 1. The topological polar surface area (TPSA) is 87.6 Å². The molecule has 0 aliphatic heterocycles. The molecule has 1 rings (SSSR count). The standard InChI is InChI=1S/C16H27N5O2/c1-16(2,3)13(23-5)10-19-15(17-4)20-11-14(22)21-12-7-6-8-18-9-12/h6-9,13H,10-11H2,1-5H3,(H,21,22)(H2,17,19,20). The Morgan fingerprint density at radius 3 is 2.65 bits per heavy atom. The first kappa shape index (κ1) is 18.9. The molecule has 0 saturated heterocycles. The average molecular weight is 321 g/mol. The van der Waals surface area contributed by atoms with Crippen LogP contribution in [0.1, 0.15) is 20.8 Å². The van der Waals surface area contributed by atoms with Crippen LogP contribution in [0.2, 0.25) is 0 Å². The van der Waals surface area contributed by atoms with Crippen LogP contribution < -0.4 is 16.0 Å². The summed E-state index contributed by atoms with van der Waals surface area (Å²) in [6.45, 7) is 7.05. The van der Waals surface area contributed by atoms with E-state index in [4.69, 9.17) is 4.74 Å². The number of pyridine rings is 1. The number of rotatable bonds is 6. The molecule has 1 aromatic heterocycles. The third-order valence-corrected chi connectivity index (χ3v) is 3.29. The predicted molar refractivity (Wildman–Crippen MR) is 92.5 cm³/mol. The quantitative estimate of drug-likeness (QED) is 0.542. The predicted octanol–water partition coefficient (Wildman–Crippen LogP) is 1.25. The Morgan fingerprint density at radius 2 is 2.13 bits per heavy atom. The molecule has 1 amide bonds. The fourth-order valence-corrected chi connectivity index (χ4v) is 1.96. The zero-order chi connectivity index (χ0) is 17.3. The number of nitrogens with zero attached hydrogens (tertiary/aromatic N) is 2. The smallest absolute Gasteiger partial charge is 0.243 e. The van der Waals surface area contributed by atoms with Crippen molar-refractivity contribution in [2.45, 2.75) is 26.9 Å². The lowest BCUT2D eigenvalue weighted by Crippen LogP contribution is -2.46. The van der Waals surface area contributed by atoms with Crippen LogP contribution in [0, 0.1) is 5.41 Å². The van der Waals surface area contributed by atoms with Crippen LogP contribution in [0.4, 0.5) is 5.69 Å². The monoisotopic (exact) mass is 321 g/mol. The number of guanidine groups is 1. The minimum Gasteiger partial charge on any atom is -0.379 e. The molecule has 0 aliphatic rings. The summed E-state index contributed by atoms with van der Waals surface area (Å²) >= 11 is 0. The molecular formula is C16H27N5O2. The molecule has 1 unspecified atom stereocenters. The van der Waals surface area contributed by atoms with Crippen molar-refractivity contribution >= 4 is 17.6 Å². The molecule has 0 saturated carbocycles. The number of nitrogens with one attached hydrogen (secondary N) is 3. The zero-order valence-electron chi connectivity index (χ0n) is 14.5. The molecule has 0 aromatic carbocycles. The van der Waals surface area contributed by atoms with Gasteiger partial charge in [-0.1, -0.05) is 20.8 Å². The SMILES string of the molecule is CN=C(NCC(=O)Nc1cccnc1)NCC(OC)C(C)(C)C. The van der Waals surface area contributed by atoms with E-state index in [1.165, 1.54) is 0 Å². The maximum absolute atomic E-state index is 11.9. The molecule has 0 spiro atoms. The molecule has 0 fully saturated rings. The second-order valence-electron chi connectivity index (χ2n) is 6.19. The molecule has 7 heteroatoms. The number of hydrogen-bond acceptors (Lipinski definition) is 4. The molecular weight excluding hydrogens is 294 g/mol. The summed E-state index contributed by atoms with van der Waals surface area (Å²) in [5.41, 5.74) is 0.674. The lowest BCUT2D eigenvalue weighted by atomic mass is 9.89. The van der Waals surface area contributed by atoms with Crippen LogP contribution in [0.3, 0.4) is 0 Å². The zero-order valence-corrected chi connectivity index (χ0v) is 14.5. The first-order valence-electron chi connectivity index (χ1n) is 7.54. The summed E-state index contributed by atoms with van der Waals surface area (Å²) in [4.78, 5) is 19.9. The summed E-state index contributed by atoms with van der Waals surface area (Å²) in [5.74, 6) is 0.387. The minimum atomic E-state index is -0.167.